The van der Waals surface area contributed by atoms with Crippen LogP contribution >= 0.6 is 0 Å². The second-order valence-electron chi connectivity index (χ2n) is 13.2. The van der Waals surface area contributed by atoms with Crippen molar-refractivity contribution in [2.45, 2.75) is 115 Å². The summed E-state index contributed by atoms with van der Waals surface area (Å²) in [5, 5.41) is 11.9. The number of rotatable bonds is 9. The fraction of sp³-hybridized carbons (Fsp3) is 0.647. The summed E-state index contributed by atoms with van der Waals surface area (Å²) in [7, 11) is 1.21. The maximum atomic E-state index is 13.6. The van der Waals surface area contributed by atoms with Crippen LogP contribution in [0.3, 0.4) is 0 Å². The highest BCUT2D eigenvalue weighted by atomic mass is 16.7. The van der Waals surface area contributed by atoms with Gasteiger partial charge in [0.2, 0.25) is 0 Å². The van der Waals surface area contributed by atoms with Crippen LogP contribution in [0, 0.1) is 11.3 Å². The maximum absolute atomic E-state index is 13.6. The average Bonchev–Trinajstić information content (AvgIpc) is 3.58. The molecule has 0 aromatic carbocycles. The van der Waals surface area contributed by atoms with Crippen LogP contribution in [-0.2, 0) is 66.7 Å². The second-order valence-corrected chi connectivity index (χ2v) is 13.2. The first-order valence-corrected chi connectivity index (χ1v) is 16.3. The minimum absolute atomic E-state index is 0.0431. The van der Waals surface area contributed by atoms with Gasteiger partial charge in [-0.05, 0) is 44.1 Å². The molecule has 16 nitrogen and oxygen atoms in total. The topological polar surface area (TPSA) is 210 Å². The molecule has 4 aliphatic rings. The van der Waals surface area contributed by atoms with Crippen molar-refractivity contribution in [1.29, 1.82) is 0 Å². The van der Waals surface area contributed by atoms with Crippen molar-refractivity contribution < 1.29 is 76.2 Å². The number of esters is 6. The quantitative estimate of drug-likeness (QED) is 0.288. The summed E-state index contributed by atoms with van der Waals surface area (Å²) in [4.78, 5) is 75.5. The van der Waals surface area contributed by atoms with Gasteiger partial charge in [0.1, 0.15) is 18.8 Å². The Labute approximate surface area is 287 Å². The Hall–Kier alpha value is -4.28. The first-order valence-electron chi connectivity index (χ1n) is 16.3. The Morgan fingerprint density at radius 2 is 1.60 bits per heavy atom. The molecule has 10 atom stereocenters. The summed E-state index contributed by atoms with van der Waals surface area (Å²) in [5.41, 5.74) is -1.52. The fourth-order valence-corrected chi connectivity index (χ4v) is 7.85. The molecular weight excluding hydrogens is 664 g/mol. The zero-order chi connectivity index (χ0) is 36.5. The molecule has 0 spiro atoms. The number of cyclic esters (lactones) is 1. The van der Waals surface area contributed by atoms with E-state index >= 15 is 0 Å². The normalized spacial score (nSPS) is 35.1. The molecule has 5 rings (SSSR count). The predicted octanol–water partition coefficient (Wildman–Crippen LogP) is 2.15. The Bertz CT molecular complexity index is 1530. The largest absolute Gasteiger partial charge is 0.472 e. The van der Waals surface area contributed by atoms with E-state index in [-0.39, 0.29) is 31.3 Å². The Morgan fingerprint density at radius 1 is 0.940 bits per heavy atom. The third kappa shape index (κ3) is 7.01. The van der Waals surface area contributed by atoms with Gasteiger partial charge in [0, 0.05) is 38.7 Å². The number of carbonyl (C=O) groups is 6. The van der Waals surface area contributed by atoms with Crippen LogP contribution in [0.25, 0.3) is 0 Å². The monoisotopic (exact) mass is 706 g/mol. The molecule has 2 aliphatic carbocycles. The number of aliphatic hydroxyl groups is 1. The van der Waals surface area contributed by atoms with Crippen LogP contribution in [-0.4, -0.2) is 97.0 Å². The zero-order valence-electron chi connectivity index (χ0n) is 28.7. The number of hydrogen-bond acceptors (Lipinski definition) is 16. The number of furan rings is 1. The van der Waals surface area contributed by atoms with Gasteiger partial charge in [-0.2, -0.15) is 0 Å². The first kappa shape index (κ1) is 37.0. The summed E-state index contributed by atoms with van der Waals surface area (Å²) >= 11 is 0. The highest BCUT2D eigenvalue weighted by Crippen LogP contribution is 2.61. The molecule has 10 unspecified atom stereocenters. The molecule has 3 heterocycles. The lowest BCUT2D eigenvalue weighted by molar-refractivity contribution is -0.315. The molecule has 274 valence electrons. The molecule has 16 heteroatoms. The molecule has 1 aromatic rings. The smallest absolute Gasteiger partial charge is 0.339 e. The van der Waals surface area contributed by atoms with Gasteiger partial charge < -0.3 is 47.4 Å². The van der Waals surface area contributed by atoms with Crippen molar-refractivity contribution >= 4 is 35.8 Å². The minimum Gasteiger partial charge on any atom is -0.472 e. The Kier molecular flexibility index (Phi) is 10.7. The number of ether oxygens (including phenoxy) is 8. The summed E-state index contributed by atoms with van der Waals surface area (Å²) in [6.45, 7) is 5.83. The molecule has 0 radical (unpaired) electrons. The van der Waals surface area contributed by atoms with E-state index in [9.17, 15) is 33.9 Å². The number of hydrogen-bond donors (Lipinski definition) is 1. The van der Waals surface area contributed by atoms with E-state index in [0.29, 0.717) is 17.6 Å². The van der Waals surface area contributed by atoms with Gasteiger partial charge in [-0.15, -0.1) is 0 Å². The van der Waals surface area contributed by atoms with Gasteiger partial charge in [-0.1, -0.05) is 12.5 Å². The van der Waals surface area contributed by atoms with E-state index in [1.165, 1.54) is 19.6 Å². The van der Waals surface area contributed by atoms with E-state index in [1.807, 2.05) is 0 Å². The van der Waals surface area contributed by atoms with Crippen molar-refractivity contribution in [3.05, 3.63) is 35.3 Å². The molecule has 3 fully saturated rings. The van der Waals surface area contributed by atoms with Crippen molar-refractivity contribution in [3.63, 3.8) is 0 Å². The van der Waals surface area contributed by atoms with E-state index < -0.39 is 102 Å². The maximum Gasteiger partial charge on any atom is 0.339 e. The summed E-state index contributed by atoms with van der Waals surface area (Å²) in [6.07, 6.45) is -5.13. The van der Waals surface area contributed by atoms with Crippen molar-refractivity contribution in [1.82, 2.24) is 0 Å². The van der Waals surface area contributed by atoms with Gasteiger partial charge >= 0.3 is 35.8 Å². The molecule has 1 aromatic heterocycles. The SMILES string of the molecule is COC(=O)C1=C2CCC3(O)C(=O)OC(c4ccoc4)CC3(C)C2CCC1OC1OC(COC(C)=O)C(OC(C)=O)C(OC(C)=O)C1OC(C)=O. The number of carbonyl (C=O) groups excluding carboxylic acids is 6. The molecule has 1 saturated carbocycles. The van der Waals surface area contributed by atoms with Gasteiger partial charge in [0.25, 0.3) is 0 Å². The molecule has 2 aliphatic heterocycles. The summed E-state index contributed by atoms with van der Waals surface area (Å²) in [6, 6.07) is 1.68. The van der Waals surface area contributed by atoms with Crippen molar-refractivity contribution in [2.75, 3.05) is 13.7 Å². The van der Waals surface area contributed by atoms with Crippen LogP contribution in [0.2, 0.25) is 0 Å². The van der Waals surface area contributed by atoms with Gasteiger partial charge in [0.15, 0.2) is 30.2 Å². The molecule has 50 heavy (non-hydrogen) atoms. The first-order chi connectivity index (χ1) is 23.6. The fourth-order valence-electron chi connectivity index (χ4n) is 7.85. The predicted molar refractivity (Wildman–Crippen MR) is 163 cm³/mol. The third-order valence-corrected chi connectivity index (χ3v) is 10.0. The van der Waals surface area contributed by atoms with Gasteiger partial charge in [-0.25, -0.2) is 9.59 Å². The average molecular weight is 707 g/mol. The molecule has 2 saturated heterocycles. The van der Waals surface area contributed by atoms with Crippen LogP contribution < -0.4 is 0 Å². The minimum atomic E-state index is -1.84. The molecular formula is C34H42O16. The molecule has 0 amide bonds. The van der Waals surface area contributed by atoms with Gasteiger partial charge in [0.05, 0.1) is 31.3 Å². The van der Waals surface area contributed by atoms with Crippen LogP contribution in [0.1, 0.15) is 78.4 Å². The van der Waals surface area contributed by atoms with Crippen LogP contribution in [0.5, 0.6) is 0 Å². The standard InChI is InChI=1S/C34H42O16/c1-16(35)44-15-25-27(45-17(2)36)28(46-18(3)37)29(47-19(4)38)31(49-25)48-23-8-7-22-21(26(23)30(39)42-6)9-11-34(41)32(40)50-24(13-33(22,34)5)20-10-12-43-14-20/h10,12,14,22-25,27-29,31,41H,7-9,11,13,15H2,1-6H3. The zero-order valence-corrected chi connectivity index (χ0v) is 28.7. The third-order valence-electron chi connectivity index (χ3n) is 10.0. The second kappa shape index (κ2) is 14.5. The van der Waals surface area contributed by atoms with Crippen LogP contribution in [0.4, 0.5) is 0 Å². The molecule has 0 bridgehead atoms. The highest BCUT2D eigenvalue weighted by Gasteiger charge is 2.65. The van der Waals surface area contributed by atoms with E-state index in [1.54, 1.807) is 13.0 Å². The number of fused-ring (bicyclic) bond motifs is 3. The lowest BCUT2D eigenvalue weighted by atomic mass is 9.50. The van der Waals surface area contributed by atoms with Gasteiger partial charge in [-0.3, -0.25) is 19.2 Å². The van der Waals surface area contributed by atoms with Crippen molar-refractivity contribution in [3.8, 4) is 0 Å². The lowest BCUT2D eigenvalue weighted by Crippen LogP contribution is -2.64. The highest BCUT2D eigenvalue weighted by molar-refractivity contribution is 5.91. The van der Waals surface area contributed by atoms with E-state index in [0.717, 1.165) is 27.7 Å². The number of allylic oxidation sites excluding steroid dienone is 1. The lowest BCUT2D eigenvalue weighted by Gasteiger charge is -2.58. The summed E-state index contributed by atoms with van der Waals surface area (Å²) < 4.78 is 50.3. The molecule has 1 N–H and O–H groups in total. The van der Waals surface area contributed by atoms with E-state index in [4.69, 9.17) is 42.3 Å². The Morgan fingerprint density at radius 3 is 2.20 bits per heavy atom. The Balaban J connectivity index is 1.53. The summed E-state index contributed by atoms with van der Waals surface area (Å²) in [5.74, 6) is -5.04. The van der Waals surface area contributed by atoms with Crippen molar-refractivity contribution in [2.24, 2.45) is 11.3 Å². The van der Waals surface area contributed by atoms with Crippen LogP contribution in [0.15, 0.2) is 34.2 Å². The number of methoxy groups -OCH3 is 1. The van der Waals surface area contributed by atoms with E-state index in [2.05, 4.69) is 0 Å².